The summed E-state index contributed by atoms with van der Waals surface area (Å²) in [4.78, 5) is 0. The monoisotopic (exact) mass is 329 g/mol. The average Bonchev–Trinajstić information content (AvgIpc) is 2.29. The van der Waals surface area contributed by atoms with E-state index in [1.165, 1.54) is 8.92 Å². The molecule has 0 saturated heterocycles. The molecule has 0 unspecified atom stereocenters. The van der Waals surface area contributed by atoms with E-state index in [-0.39, 0.29) is 0 Å². The average molecular weight is 327 g/mol. The van der Waals surface area contributed by atoms with Crippen molar-refractivity contribution in [2.75, 3.05) is 5.73 Å². The summed E-state index contributed by atoms with van der Waals surface area (Å²) < 4.78 is 2.78. The molecule has 0 aliphatic heterocycles. The Labute approximate surface area is 101 Å². The van der Waals surface area contributed by atoms with E-state index < -0.39 is 0 Å². The summed E-state index contributed by atoms with van der Waals surface area (Å²) >= 11 is 1.05. The van der Waals surface area contributed by atoms with Crippen molar-refractivity contribution in [3.05, 3.63) is 54.6 Å². The van der Waals surface area contributed by atoms with Crippen LogP contribution in [0.4, 0.5) is 5.69 Å². The zero-order valence-electron chi connectivity index (χ0n) is 8.09. The Bertz CT molecular complexity index is 429. The van der Waals surface area contributed by atoms with Gasteiger partial charge in [-0.05, 0) is 0 Å². The van der Waals surface area contributed by atoms with Crippen LogP contribution in [-0.2, 0) is 0 Å². The van der Waals surface area contributed by atoms with Crippen molar-refractivity contribution in [2.24, 2.45) is 0 Å². The second-order valence-corrected chi connectivity index (χ2v) is 9.26. The molecule has 0 spiro atoms. The molecule has 0 aliphatic rings. The number of rotatable bonds is 3. The van der Waals surface area contributed by atoms with Crippen LogP contribution >= 0.6 is 0 Å². The fourth-order valence-electron chi connectivity index (χ4n) is 1.13. The van der Waals surface area contributed by atoms with Crippen molar-refractivity contribution in [3.8, 4) is 0 Å². The molecule has 1 nitrogen and oxygen atoms in total. The third-order valence-electron chi connectivity index (χ3n) is 1.89. The van der Waals surface area contributed by atoms with Crippen LogP contribution in [0.25, 0.3) is 0 Å². The van der Waals surface area contributed by atoms with Crippen LogP contribution in [0.1, 0.15) is 0 Å². The Hall–Kier alpha value is -0.721. The second-order valence-electron chi connectivity index (χ2n) is 3.02. The van der Waals surface area contributed by atoms with Crippen LogP contribution < -0.4 is 14.7 Å². The fraction of sp³-hybridized carbons (Fsp3) is 0. The number of hydrogen-bond donors (Lipinski definition) is 1. The molecule has 0 aromatic heterocycles. The first-order valence-electron chi connectivity index (χ1n) is 4.60. The summed E-state index contributed by atoms with van der Waals surface area (Å²) in [6.45, 7) is 0. The van der Waals surface area contributed by atoms with Crippen LogP contribution in [0, 0.1) is 0 Å². The molecule has 2 aromatic carbocycles. The van der Waals surface area contributed by atoms with E-state index in [9.17, 15) is 0 Å². The van der Waals surface area contributed by atoms with Gasteiger partial charge in [0, 0.05) is 0 Å². The van der Waals surface area contributed by atoms with Gasteiger partial charge in [-0.3, -0.25) is 0 Å². The summed E-state index contributed by atoms with van der Waals surface area (Å²) in [7, 11) is 0. The Morgan fingerprint density at radius 2 is 1.40 bits per heavy atom. The summed E-state index contributed by atoms with van der Waals surface area (Å²) in [5, 5.41) is 0. The van der Waals surface area contributed by atoms with E-state index in [0.717, 1.165) is 5.69 Å². The number of para-hydroxylation sites is 1. The first-order chi connectivity index (χ1) is 7.36. The van der Waals surface area contributed by atoms with Gasteiger partial charge in [0.15, 0.2) is 0 Å². The normalized spacial score (nSPS) is 10.1. The molecule has 3 heteroatoms. The van der Waals surface area contributed by atoms with Crippen LogP contribution in [0.5, 0.6) is 0 Å². The molecule has 0 aliphatic carbocycles. The van der Waals surface area contributed by atoms with Crippen LogP contribution in [-0.4, -0.2) is 26.3 Å². The number of benzene rings is 2. The predicted octanol–water partition coefficient (Wildman–Crippen LogP) is 0.543. The molecule has 0 atom stereocenters. The molecule has 15 heavy (non-hydrogen) atoms. The van der Waals surface area contributed by atoms with E-state index in [0.29, 0.717) is 26.3 Å². The van der Waals surface area contributed by atoms with Gasteiger partial charge in [-0.25, -0.2) is 0 Å². The van der Waals surface area contributed by atoms with Crippen molar-refractivity contribution in [1.82, 2.24) is 0 Å². The van der Waals surface area contributed by atoms with E-state index in [1.807, 2.05) is 12.1 Å². The van der Waals surface area contributed by atoms with Gasteiger partial charge in [0.2, 0.25) is 0 Å². The first kappa shape index (κ1) is 10.8. The molecule has 2 N–H and O–H groups in total. The van der Waals surface area contributed by atoms with Crippen molar-refractivity contribution in [3.63, 3.8) is 0 Å². The molecule has 76 valence electrons. The molecule has 2 aromatic rings. The topological polar surface area (TPSA) is 26.0 Å². The maximum atomic E-state index is 5.91. The summed E-state index contributed by atoms with van der Waals surface area (Å²) in [5.41, 5.74) is 6.85. The van der Waals surface area contributed by atoms with E-state index >= 15 is 0 Å². The third-order valence-corrected chi connectivity index (χ3v) is 9.16. The quantitative estimate of drug-likeness (QED) is 0.647. The van der Waals surface area contributed by atoms with Gasteiger partial charge in [0.05, 0.1) is 0 Å². The van der Waals surface area contributed by atoms with Gasteiger partial charge in [-0.15, -0.1) is 0 Å². The van der Waals surface area contributed by atoms with Gasteiger partial charge in [0.1, 0.15) is 0 Å². The van der Waals surface area contributed by atoms with Crippen LogP contribution in [0.3, 0.4) is 0 Å². The Morgan fingerprint density at radius 1 is 0.733 bits per heavy atom. The van der Waals surface area contributed by atoms with E-state index in [1.54, 1.807) is 0 Å². The first-order valence-corrected chi connectivity index (χ1v) is 10.6. The van der Waals surface area contributed by atoms with E-state index in [2.05, 4.69) is 42.5 Å². The van der Waals surface area contributed by atoms with Gasteiger partial charge >= 0.3 is 101 Å². The molecular formula is C12H11NSe2. The Balaban J connectivity index is 2.03. The molecule has 0 saturated carbocycles. The number of nitrogens with two attached hydrogens (primary N) is 1. The molecule has 2 rings (SSSR count). The van der Waals surface area contributed by atoms with E-state index in [4.69, 9.17) is 5.73 Å². The molecular weight excluding hydrogens is 316 g/mol. The molecule has 0 fully saturated rings. The van der Waals surface area contributed by atoms with Gasteiger partial charge < -0.3 is 0 Å². The zero-order valence-corrected chi connectivity index (χ0v) is 11.5. The summed E-state index contributed by atoms with van der Waals surface area (Å²) in [6.07, 6.45) is 0. The van der Waals surface area contributed by atoms with Crippen molar-refractivity contribution in [2.45, 2.75) is 0 Å². The Kier molecular flexibility index (Phi) is 3.87. The SMILES string of the molecule is Nc1ccccc1[Se][Se]c1ccccc1. The standard InChI is InChI=1S/C12H11NSe2/c13-11-8-4-5-9-12(11)15-14-10-6-2-1-3-7-10/h1-9H,13H2. The number of hydrogen-bond acceptors (Lipinski definition) is 1. The van der Waals surface area contributed by atoms with Crippen molar-refractivity contribution >= 4 is 40.9 Å². The molecule has 0 heterocycles. The van der Waals surface area contributed by atoms with Crippen molar-refractivity contribution < 1.29 is 0 Å². The van der Waals surface area contributed by atoms with Gasteiger partial charge in [0.25, 0.3) is 0 Å². The van der Waals surface area contributed by atoms with Crippen LogP contribution in [0.15, 0.2) is 54.6 Å². The minimum atomic E-state index is 0.500. The molecule has 0 amide bonds. The second kappa shape index (κ2) is 5.39. The predicted molar refractivity (Wildman–Crippen MR) is 68.1 cm³/mol. The molecule has 0 radical (unpaired) electrons. The Morgan fingerprint density at radius 3 is 2.13 bits per heavy atom. The van der Waals surface area contributed by atoms with Gasteiger partial charge in [-0.2, -0.15) is 0 Å². The maximum absolute atomic E-state index is 5.91. The summed E-state index contributed by atoms with van der Waals surface area (Å²) in [6, 6.07) is 18.8. The fourth-order valence-corrected chi connectivity index (χ4v) is 7.60. The minimum absolute atomic E-state index is 0.500. The van der Waals surface area contributed by atoms with Crippen LogP contribution in [0.2, 0.25) is 0 Å². The third kappa shape index (κ3) is 3.12. The number of anilines is 1. The summed E-state index contributed by atoms with van der Waals surface area (Å²) in [5.74, 6) is 0. The zero-order chi connectivity index (χ0) is 10.5. The van der Waals surface area contributed by atoms with Gasteiger partial charge in [-0.1, -0.05) is 0 Å². The molecule has 0 bridgehead atoms. The van der Waals surface area contributed by atoms with Crippen molar-refractivity contribution in [1.29, 1.82) is 0 Å². The number of nitrogen functional groups attached to an aromatic ring is 1.